The number of aromatic nitrogens is 1. The molecule has 0 fully saturated rings. The maximum Gasteiger partial charge on any atom is 0.366 e. The van der Waals surface area contributed by atoms with Gasteiger partial charge in [-0.25, -0.2) is 0 Å². The van der Waals surface area contributed by atoms with Crippen LogP contribution in [0.5, 0.6) is 0 Å². The van der Waals surface area contributed by atoms with Crippen molar-refractivity contribution in [3.8, 4) is 0 Å². The van der Waals surface area contributed by atoms with Gasteiger partial charge in [0.2, 0.25) is 0 Å². The van der Waals surface area contributed by atoms with Crippen molar-refractivity contribution in [2.24, 2.45) is 0 Å². The molecule has 0 aliphatic carbocycles. The highest BCUT2D eigenvalue weighted by Gasteiger charge is 2.15. The topological polar surface area (TPSA) is 82.3 Å². The van der Waals surface area contributed by atoms with Crippen molar-refractivity contribution >= 4 is 11.8 Å². The second-order valence-corrected chi connectivity index (χ2v) is 3.05. The van der Waals surface area contributed by atoms with Crippen molar-refractivity contribution in [3.05, 3.63) is 34.0 Å². The van der Waals surface area contributed by atoms with Gasteiger partial charge in [0.1, 0.15) is 6.20 Å². The quantitative estimate of drug-likeness (QED) is 0.430. The molecular weight excluding hydrogens is 212 g/mol. The van der Waals surface area contributed by atoms with Gasteiger partial charge in [0.05, 0.1) is 12.2 Å². The van der Waals surface area contributed by atoms with Gasteiger partial charge in [0, 0.05) is 6.42 Å². The number of nitro groups is 1. The third kappa shape index (κ3) is 3.30. The molecule has 6 nitrogen and oxygen atoms in total. The molecule has 86 valence electrons. The van der Waals surface area contributed by atoms with Gasteiger partial charge in [-0.3, -0.25) is 4.79 Å². The minimum Gasteiger partial charge on any atom is -0.466 e. The van der Waals surface area contributed by atoms with E-state index in [4.69, 9.17) is 4.74 Å². The number of hydrogen-bond donors (Lipinski definition) is 0. The van der Waals surface area contributed by atoms with Gasteiger partial charge in [-0.05, 0) is 35.4 Å². The molecule has 0 radical (unpaired) electrons. The Balaban J connectivity index is 2.66. The Labute approximate surface area is 92.4 Å². The summed E-state index contributed by atoms with van der Waals surface area (Å²) in [5, 5.41) is 10.6. The molecule has 0 aliphatic rings. The lowest BCUT2D eigenvalue weighted by atomic mass is 10.1. The van der Waals surface area contributed by atoms with Crippen molar-refractivity contribution in [2.45, 2.75) is 19.8 Å². The highest BCUT2D eigenvalue weighted by Crippen LogP contribution is 2.15. The van der Waals surface area contributed by atoms with Crippen molar-refractivity contribution in [3.63, 3.8) is 0 Å². The highest BCUT2D eigenvalue weighted by molar-refractivity contribution is 5.69. The summed E-state index contributed by atoms with van der Waals surface area (Å²) in [4.78, 5) is 24.8. The Bertz CT molecular complexity index is 392. The van der Waals surface area contributed by atoms with E-state index in [0.29, 0.717) is 12.2 Å². The summed E-state index contributed by atoms with van der Waals surface area (Å²) in [6.45, 7) is 2.03. The summed E-state index contributed by atoms with van der Waals surface area (Å²) in [5.41, 5.74) is 0.445. The van der Waals surface area contributed by atoms with E-state index in [1.165, 1.54) is 6.20 Å². The number of carbonyl (C=O) groups excluding carboxylic acids is 1. The molecule has 1 aromatic heterocycles. The zero-order chi connectivity index (χ0) is 12.0. The summed E-state index contributed by atoms with van der Waals surface area (Å²) in [5.74, 6) is -0.563. The van der Waals surface area contributed by atoms with Gasteiger partial charge in [-0.15, -0.1) is 0 Å². The fraction of sp³-hybridized carbons (Fsp3) is 0.400. The van der Waals surface area contributed by atoms with E-state index in [1.54, 1.807) is 19.1 Å². The Morgan fingerprint density at radius 1 is 1.62 bits per heavy atom. The van der Waals surface area contributed by atoms with Crippen molar-refractivity contribution in [2.75, 3.05) is 6.61 Å². The van der Waals surface area contributed by atoms with E-state index in [-0.39, 0.29) is 24.6 Å². The van der Waals surface area contributed by atoms with Crippen LogP contribution in [-0.4, -0.2) is 22.5 Å². The number of ether oxygens (including phenoxy) is 1. The zero-order valence-electron chi connectivity index (χ0n) is 8.88. The number of pyridine rings is 1. The molecule has 0 bridgehead atoms. The fourth-order valence-electron chi connectivity index (χ4n) is 1.26. The number of rotatable bonds is 5. The van der Waals surface area contributed by atoms with E-state index in [1.807, 2.05) is 0 Å². The molecule has 16 heavy (non-hydrogen) atoms. The molecule has 1 aromatic rings. The molecule has 0 N–H and O–H groups in total. The minimum absolute atomic E-state index is 0.125. The molecular formula is C10H12N2O4. The minimum atomic E-state index is -0.555. The fourth-order valence-corrected chi connectivity index (χ4v) is 1.26. The molecule has 0 aliphatic heterocycles. The van der Waals surface area contributed by atoms with Gasteiger partial charge in [0.25, 0.3) is 0 Å². The average molecular weight is 224 g/mol. The van der Waals surface area contributed by atoms with Crippen LogP contribution in [0.3, 0.4) is 0 Å². The standard InChI is InChI=1S/C10H12N2O4/c1-2-16-9(13)6-5-8-4-3-7-11-10(8)12(14)15/h3-4,7H,2,5-6H2,1H3. The summed E-state index contributed by atoms with van der Waals surface area (Å²) in [7, 11) is 0. The maximum atomic E-state index is 11.1. The lowest BCUT2D eigenvalue weighted by molar-refractivity contribution is -0.390. The molecule has 1 rings (SSSR count). The van der Waals surface area contributed by atoms with Gasteiger partial charge >= 0.3 is 11.8 Å². The number of hydrogen-bond acceptors (Lipinski definition) is 5. The zero-order valence-corrected chi connectivity index (χ0v) is 8.88. The van der Waals surface area contributed by atoms with Crippen molar-refractivity contribution in [1.82, 2.24) is 4.98 Å². The highest BCUT2D eigenvalue weighted by atomic mass is 16.6. The van der Waals surface area contributed by atoms with Gasteiger partial charge in [-0.2, -0.15) is 0 Å². The molecule has 0 saturated carbocycles. The average Bonchev–Trinajstić information content (AvgIpc) is 2.27. The van der Waals surface area contributed by atoms with E-state index < -0.39 is 4.92 Å². The van der Waals surface area contributed by atoms with E-state index >= 15 is 0 Å². The molecule has 0 unspecified atom stereocenters. The van der Waals surface area contributed by atoms with E-state index in [2.05, 4.69) is 4.98 Å². The molecule has 0 saturated heterocycles. The summed E-state index contributed by atoms with van der Waals surface area (Å²) >= 11 is 0. The first kappa shape index (κ1) is 12.1. The number of aryl methyl sites for hydroxylation is 1. The van der Waals surface area contributed by atoms with Crippen molar-refractivity contribution < 1.29 is 14.5 Å². The first-order chi connectivity index (χ1) is 7.65. The first-order valence-electron chi connectivity index (χ1n) is 4.89. The smallest absolute Gasteiger partial charge is 0.366 e. The van der Waals surface area contributed by atoms with E-state index in [9.17, 15) is 14.9 Å². The van der Waals surface area contributed by atoms with E-state index in [0.717, 1.165) is 0 Å². The first-order valence-corrected chi connectivity index (χ1v) is 4.89. The van der Waals surface area contributed by atoms with Crippen molar-refractivity contribution in [1.29, 1.82) is 0 Å². The van der Waals surface area contributed by atoms with Crippen LogP contribution in [0.1, 0.15) is 18.9 Å². The van der Waals surface area contributed by atoms with Crippen LogP contribution in [0.25, 0.3) is 0 Å². The lowest BCUT2D eigenvalue weighted by Gasteiger charge is -2.02. The largest absolute Gasteiger partial charge is 0.466 e. The van der Waals surface area contributed by atoms with Gasteiger partial charge in [0.15, 0.2) is 0 Å². The molecule has 1 heterocycles. The number of esters is 1. The Morgan fingerprint density at radius 3 is 3.00 bits per heavy atom. The predicted octanol–water partition coefficient (Wildman–Crippen LogP) is 1.49. The molecule has 0 atom stereocenters. The second kappa shape index (κ2) is 5.79. The SMILES string of the molecule is CCOC(=O)CCc1cccnc1[N+](=O)[O-]. The lowest BCUT2D eigenvalue weighted by Crippen LogP contribution is -2.06. The molecule has 0 amide bonds. The predicted molar refractivity (Wildman–Crippen MR) is 55.8 cm³/mol. The van der Waals surface area contributed by atoms with Crippen LogP contribution in [0.2, 0.25) is 0 Å². The summed E-state index contributed by atoms with van der Waals surface area (Å²) < 4.78 is 4.73. The van der Waals surface area contributed by atoms with Gasteiger partial charge in [-0.1, -0.05) is 0 Å². The molecule has 0 spiro atoms. The second-order valence-electron chi connectivity index (χ2n) is 3.05. The molecule has 6 heteroatoms. The molecule has 0 aromatic carbocycles. The van der Waals surface area contributed by atoms with Crippen LogP contribution < -0.4 is 0 Å². The van der Waals surface area contributed by atoms with Crippen LogP contribution in [0, 0.1) is 10.1 Å². The summed E-state index contributed by atoms with van der Waals surface area (Å²) in [6, 6.07) is 3.19. The normalized spacial score (nSPS) is 9.81. The number of carbonyl (C=O) groups is 1. The Kier molecular flexibility index (Phi) is 4.38. The number of nitrogens with zero attached hydrogens (tertiary/aromatic N) is 2. The van der Waals surface area contributed by atoms with Crippen LogP contribution >= 0.6 is 0 Å². The Hall–Kier alpha value is -1.98. The van der Waals surface area contributed by atoms with Crippen LogP contribution in [0.15, 0.2) is 18.3 Å². The van der Waals surface area contributed by atoms with Crippen LogP contribution in [-0.2, 0) is 16.0 Å². The van der Waals surface area contributed by atoms with Gasteiger partial charge < -0.3 is 14.9 Å². The monoisotopic (exact) mass is 224 g/mol. The Morgan fingerprint density at radius 2 is 2.38 bits per heavy atom. The summed E-state index contributed by atoms with van der Waals surface area (Å²) in [6.07, 6.45) is 1.75. The van der Waals surface area contributed by atoms with Crippen LogP contribution in [0.4, 0.5) is 5.82 Å². The third-order valence-electron chi connectivity index (χ3n) is 1.94. The third-order valence-corrected chi connectivity index (χ3v) is 1.94. The maximum absolute atomic E-state index is 11.1.